The molecule has 0 aliphatic heterocycles. The van der Waals surface area contributed by atoms with Crippen LogP contribution in [0.3, 0.4) is 0 Å². The molecule has 1 amide bonds. The summed E-state index contributed by atoms with van der Waals surface area (Å²) in [6.45, 7) is 2.90. The number of aryl methyl sites for hydroxylation is 1. The number of hydrogen-bond donors (Lipinski definition) is 2. The number of hydrogen-bond acceptors (Lipinski definition) is 4. The van der Waals surface area contributed by atoms with Gasteiger partial charge >= 0.3 is 5.97 Å². The molecule has 0 heterocycles. The molecule has 144 valence electrons. The number of rotatable bonds is 10. The van der Waals surface area contributed by atoms with Crippen LogP contribution in [0.5, 0.6) is 11.5 Å². The van der Waals surface area contributed by atoms with E-state index >= 15 is 0 Å². The maximum atomic E-state index is 11.7. The largest absolute Gasteiger partial charge is 0.490 e. The van der Waals surface area contributed by atoms with E-state index in [1.165, 1.54) is 0 Å². The van der Waals surface area contributed by atoms with Crippen molar-refractivity contribution in [2.24, 2.45) is 0 Å². The highest BCUT2D eigenvalue weighted by molar-refractivity contribution is 6.30. The first-order chi connectivity index (χ1) is 12.9. The van der Waals surface area contributed by atoms with Crippen molar-refractivity contribution in [3.8, 4) is 11.5 Å². The Kier molecular flexibility index (Phi) is 7.95. The molecule has 6 nitrogen and oxygen atoms in total. The maximum Gasteiger partial charge on any atom is 0.303 e. The van der Waals surface area contributed by atoms with Crippen LogP contribution in [0.4, 0.5) is 0 Å². The van der Waals surface area contributed by atoms with Crippen LogP contribution in [-0.2, 0) is 16.1 Å². The zero-order chi connectivity index (χ0) is 19.6. The molecule has 0 atom stereocenters. The van der Waals surface area contributed by atoms with Crippen LogP contribution in [0.15, 0.2) is 42.5 Å². The van der Waals surface area contributed by atoms with Gasteiger partial charge in [-0.15, -0.1) is 0 Å². The summed E-state index contributed by atoms with van der Waals surface area (Å²) in [6.07, 6.45) is -0.280. The summed E-state index contributed by atoms with van der Waals surface area (Å²) in [6, 6.07) is 12.9. The Bertz CT molecular complexity index is 794. The normalized spacial score (nSPS) is 10.3. The van der Waals surface area contributed by atoms with Gasteiger partial charge < -0.3 is 19.9 Å². The molecule has 2 N–H and O–H groups in total. The van der Waals surface area contributed by atoms with Gasteiger partial charge in [-0.05, 0) is 42.8 Å². The second-order valence-electron chi connectivity index (χ2n) is 5.94. The molecule has 0 radical (unpaired) electrons. The predicted octanol–water partition coefficient (Wildman–Crippen LogP) is 3.59. The molecule has 0 aromatic heterocycles. The smallest absolute Gasteiger partial charge is 0.303 e. The van der Waals surface area contributed by atoms with E-state index in [2.05, 4.69) is 5.32 Å². The quantitative estimate of drug-likeness (QED) is 0.604. The lowest BCUT2D eigenvalue weighted by Crippen LogP contribution is -2.23. The highest BCUT2D eigenvalue weighted by Gasteiger charge is 2.09. The van der Waals surface area contributed by atoms with E-state index in [-0.39, 0.29) is 25.3 Å². The van der Waals surface area contributed by atoms with Crippen molar-refractivity contribution in [3.05, 3.63) is 58.6 Å². The van der Waals surface area contributed by atoms with Gasteiger partial charge in [0.2, 0.25) is 5.91 Å². The molecule has 27 heavy (non-hydrogen) atoms. The van der Waals surface area contributed by atoms with E-state index in [0.29, 0.717) is 29.5 Å². The standard InChI is InChI=1S/C20H22ClNO5/c1-14-3-2-4-17(11-14)26-9-10-27-18-6-5-16(21)12-15(18)13-22-19(23)7-8-20(24)25/h2-6,11-12H,7-10,13H2,1H3,(H,22,23)(H,24,25). The summed E-state index contributed by atoms with van der Waals surface area (Å²) >= 11 is 6.02. The van der Waals surface area contributed by atoms with Crippen LogP contribution in [0.1, 0.15) is 24.0 Å². The zero-order valence-electron chi connectivity index (χ0n) is 15.0. The number of nitrogens with one attached hydrogen (secondary N) is 1. The van der Waals surface area contributed by atoms with Crippen LogP contribution in [0.2, 0.25) is 5.02 Å². The summed E-state index contributed by atoms with van der Waals surface area (Å²) in [5.74, 6) is 0.0167. The van der Waals surface area contributed by atoms with E-state index in [9.17, 15) is 9.59 Å². The number of ether oxygens (including phenoxy) is 2. The fourth-order valence-electron chi connectivity index (χ4n) is 2.35. The van der Waals surface area contributed by atoms with Gasteiger partial charge in [0.1, 0.15) is 24.7 Å². The fraction of sp³-hybridized carbons (Fsp3) is 0.300. The number of carbonyl (C=O) groups excluding carboxylic acids is 1. The molecule has 2 aromatic rings. The van der Waals surface area contributed by atoms with Gasteiger partial charge in [-0.1, -0.05) is 23.7 Å². The van der Waals surface area contributed by atoms with Gasteiger partial charge in [0, 0.05) is 23.6 Å². The molecule has 0 fully saturated rings. The lowest BCUT2D eigenvalue weighted by molar-refractivity contribution is -0.138. The number of aliphatic carboxylic acids is 1. The molecule has 0 spiro atoms. The van der Waals surface area contributed by atoms with Crippen molar-refractivity contribution in [1.82, 2.24) is 5.32 Å². The lowest BCUT2D eigenvalue weighted by atomic mass is 10.2. The minimum atomic E-state index is -1.01. The molecule has 0 unspecified atom stereocenters. The van der Waals surface area contributed by atoms with E-state index in [4.69, 9.17) is 26.2 Å². The van der Waals surface area contributed by atoms with Crippen LogP contribution in [0.25, 0.3) is 0 Å². The first kappa shape index (κ1) is 20.6. The van der Waals surface area contributed by atoms with Crippen molar-refractivity contribution in [3.63, 3.8) is 0 Å². The van der Waals surface area contributed by atoms with E-state index in [1.54, 1.807) is 18.2 Å². The molecule has 0 aliphatic carbocycles. The molecular weight excluding hydrogens is 370 g/mol. The SMILES string of the molecule is Cc1cccc(OCCOc2ccc(Cl)cc2CNC(=O)CCC(=O)O)c1. The Labute approximate surface area is 163 Å². The van der Waals surface area contributed by atoms with Crippen molar-refractivity contribution in [2.45, 2.75) is 26.3 Å². The minimum Gasteiger partial charge on any atom is -0.490 e. The van der Waals surface area contributed by atoms with Crippen LogP contribution in [-0.4, -0.2) is 30.2 Å². The first-order valence-corrected chi connectivity index (χ1v) is 8.91. The summed E-state index contributed by atoms with van der Waals surface area (Å²) in [7, 11) is 0. The van der Waals surface area contributed by atoms with E-state index in [0.717, 1.165) is 11.3 Å². The molecule has 0 saturated carbocycles. The number of carboxylic acid groups (broad SMARTS) is 1. The van der Waals surface area contributed by atoms with E-state index in [1.807, 2.05) is 31.2 Å². The van der Waals surface area contributed by atoms with Crippen molar-refractivity contribution >= 4 is 23.5 Å². The Morgan fingerprint density at radius 2 is 1.85 bits per heavy atom. The highest BCUT2D eigenvalue weighted by Crippen LogP contribution is 2.23. The number of amides is 1. The van der Waals surface area contributed by atoms with Gasteiger partial charge in [-0.25, -0.2) is 0 Å². The molecular formula is C20H22ClNO5. The van der Waals surface area contributed by atoms with Crippen molar-refractivity contribution in [1.29, 1.82) is 0 Å². The maximum absolute atomic E-state index is 11.7. The summed E-state index contributed by atoms with van der Waals surface area (Å²) in [5, 5.41) is 11.8. The van der Waals surface area contributed by atoms with Gasteiger partial charge in [0.15, 0.2) is 0 Å². The Hall–Kier alpha value is -2.73. The second kappa shape index (κ2) is 10.4. The summed E-state index contributed by atoms with van der Waals surface area (Å²) in [5.41, 5.74) is 1.83. The van der Waals surface area contributed by atoms with Gasteiger partial charge in [-0.2, -0.15) is 0 Å². The number of carbonyl (C=O) groups is 2. The predicted molar refractivity (Wildman–Crippen MR) is 102 cm³/mol. The fourth-order valence-corrected chi connectivity index (χ4v) is 2.54. The molecule has 2 aromatic carbocycles. The third-order valence-corrected chi connectivity index (χ3v) is 3.90. The van der Waals surface area contributed by atoms with Gasteiger partial charge in [0.05, 0.1) is 6.42 Å². The highest BCUT2D eigenvalue weighted by atomic mass is 35.5. The monoisotopic (exact) mass is 391 g/mol. The lowest BCUT2D eigenvalue weighted by Gasteiger charge is -2.13. The molecule has 0 saturated heterocycles. The number of benzene rings is 2. The summed E-state index contributed by atoms with van der Waals surface area (Å²) < 4.78 is 11.4. The average molecular weight is 392 g/mol. The minimum absolute atomic E-state index is 0.0730. The van der Waals surface area contributed by atoms with Crippen LogP contribution < -0.4 is 14.8 Å². The van der Waals surface area contributed by atoms with E-state index < -0.39 is 5.97 Å². The topological polar surface area (TPSA) is 84.9 Å². The van der Waals surface area contributed by atoms with Crippen molar-refractivity contribution < 1.29 is 24.2 Å². The average Bonchev–Trinajstić information content (AvgIpc) is 2.63. The Morgan fingerprint density at radius 1 is 1.07 bits per heavy atom. The Morgan fingerprint density at radius 3 is 2.59 bits per heavy atom. The summed E-state index contributed by atoms with van der Waals surface area (Å²) in [4.78, 5) is 22.2. The molecule has 7 heteroatoms. The third-order valence-electron chi connectivity index (χ3n) is 3.66. The number of halogens is 1. The Balaban J connectivity index is 1.85. The van der Waals surface area contributed by atoms with Gasteiger partial charge in [0.25, 0.3) is 0 Å². The first-order valence-electron chi connectivity index (χ1n) is 8.53. The van der Waals surface area contributed by atoms with Crippen LogP contribution in [0, 0.1) is 6.92 Å². The van der Waals surface area contributed by atoms with Crippen LogP contribution >= 0.6 is 11.6 Å². The third kappa shape index (κ3) is 7.58. The van der Waals surface area contributed by atoms with Crippen molar-refractivity contribution in [2.75, 3.05) is 13.2 Å². The van der Waals surface area contributed by atoms with Gasteiger partial charge in [-0.3, -0.25) is 9.59 Å². The number of carboxylic acids is 1. The molecule has 0 bridgehead atoms. The zero-order valence-corrected chi connectivity index (χ0v) is 15.8. The second-order valence-corrected chi connectivity index (χ2v) is 6.37. The molecule has 2 rings (SSSR count). The molecule has 0 aliphatic rings.